The summed E-state index contributed by atoms with van der Waals surface area (Å²) in [4.78, 5) is 8.22. The summed E-state index contributed by atoms with van der Waals surface area (Å²) < 4.78 is 5.54. The van der Waals surface area contributed by atoms with Crippen LogP contribution < -0.4 is 15.8 Å². The molecule has 112 valence electrons. The van der Waals surface area contributed by atoms with Gasteiger partial charge in [0.2, 0.25) is 5.88 Å². The van der Waals surface area contributed by atoms with E-state index in [1.54, 1.807) is 0 Å². The Kier molecular flexibility index (Phi) is 5.00. The van der Waals surface area contributed by atoms with Crippen LogP contribution >= 0.6 is 0 Å². The molecule has 1 saturated carbocycles. The van der Waals surface area contributed by atoms with Crippen molar-refractivity contribution >= 4 is 11.5 Å². The fourth-order valence-electron chi connectivity index (χ4n) is 2.43. The smallest absolute Gasteiger partial charge is 0.242 e. The van der Waals surface area contributed by atoms with E-state index in [9.17, 15) is 5.11 Å². The molecule has 1 aliphatic carbocycles. The molecule has 1 aromatic heterocycles. The first-order valence-corrected chi connectivity index (χ1v) is 7.25. The third-order valence-corrected chi connectivity index (χ3v) is 3.57. The first-order chi connectivity index (χ1) is 9.56. The van der Waals surface area contributed by atoms with E-state index in [4.69, 9.17) is 10.5 Å². The molecule has 0 atom stereocenters. The normalized spacial score (nSPS) is 22.8. The average Bonchev–Trinajstić information content (AvgIpc) is 2.41. The van der Waals surface area contributed by atoms with E-state index in [-0.39, 0.29) is 12.2 Å². The molecule has 1 heterocycles. The molecule has 4 N–H and O–H groups in total. The van der Waals surface area contributed by atoms with Crippen molar-refractivity contribution in [3.05, 3.63) is 6.33 Å². The Morgan fingerprint density at radius 1 is 1.35 bits per heavy atom. The second kappa shape index (κ2) is 6.74. The van der Waals surface area contributed by atoms with Crippen LogP contribution in [-0.4, -0.2) is 33.8 Å². The molecular weight excluding hydrogens is 256 g/mol. The Labute approximate surface area is 119 Å². The highest BCUT2D eigenvalue weighted by atomic mass is 16.5. The van der Waals surface area contributed by atoms with E-state index >= 15 is 0 Å². The quantitative estimate of drug-likeness (QED) is 0.761. The molecule has 6 nitrogen and oxygen atoms in total. The summed E-state index contributed by atoms with van der Waals surface area (Å²) in [5.74, 6) is 1.61. The van der Waals surface area contributed by atoms with E-state index in [0.717, 1.165) is 32.2 Å². The van der Waals surface area contributed by atoms with Gasteiger partial charge in [0.1, 0.15) is 12.0 Å². The summed E-state index contributed by atoms with van der Waals surface area (Å²) in [5.41, 5.74) is 6.47. The first-order valence-electron chi connectivity index (χ1n) is 7.25. The molecule has 1 fully saturated rings. The van der Waals surface area contributed by atoms with Crippen molar-refractivity contribution in [1.82, 2.24) is 9.97 Å². The van der Waals surface area contributed by atoms with Crippen LogP contribution in [0, 0.1) is 5.92 Å². The molecule has 0 bridgehead atoms. The van der Waals surface area contributed by atoms with Crippen molar-refractivity contribution in [3.8, 4) is 5.88 Å². The van der Waals surface area contributed by atoms with Gasteiger partial charge in [0, 0.05) is 6.54 Å². The summed E-state index contributed by atoms with van der Waals surface area (Å²) in [5, 5.41) is 12.8. The lowest BCUT2D eigenvalue weighted by molar-refractivity contribution is 0.111. The SMILES string of the molecule is CC(C)Oc1ncnc(NCC2CCC(O)CC2)c1N. The van der Waals surface area contributed by atoms with Crippen LogP contribution in [-0.2, 0) is 0 Å². The highest BCUT2D eigenvalue weighted by Gasteiger charge is 2.20. The zero-order valence-corrected chi connectivity index (χ0v) is 12.2. The molecule has 2 rings (SSSR count). The zero-order valence-electron chi connectivity index (χ0n) is 12.2. The maximum Gasteiger partial charge on any atom is 0.242 e. The average molecular weight is 280 g/mol. The van der Waals surface area contributed by atoms with Crippen LogP contribution in [0.25, 0.3) is 0 Å². The van der Waals surface area contributed by atoms with Crippen LogP contribution in [0.2, 0.25) is 0 Å². The lowest BCUT2D eigenvalue weighted by Gasteiger charge is -2.25. The van der Waals surface area contributed by atoms with Gasteiger partial charge in [-0.2, -0.15) is 4.98 Å². The molecular formula is C14H24N4O2. The minimum absolute atomic E-state index is 0.0277. The molecule has 0 aromatic carbocycles. The predicted molar refractivity (Wildman–Crippen MR) is 78.7 cm³/mol. The largest absolute Gasteiger partial charge is 0.473 e. The number of hydrogen-bond donors (Lipinski definition) is 3. The van der Waals surface area contributed by atoms with Gasteiger partial charge >= 0.3 is 0 Å². The third-order valence-electron chi connectivity index (χ3n) is 3.57. The van der Waals surface area contributed by atoms with Gasteiger partial charge in [0.05, 0.1) is 12.2 Å². The summed E-state index contributed by atoms with van der Waals surface area (Å²) in [6, 6.07) is 0. The Bertz CT molecular complexity index is 431. The number of anilines is 2. The first kappa shape index (κ1) is 14.8. The summed E-state index contributed by atoms with van der Waals surface area (Å²) in [6.07, 6.45) is 5.20. The predicted octanol–water partition coefficient (Wildman–Crippen LogP) is 1.81. The Balaban J connectivity index is 1.92. The molecule has 1 aromatic rings. The number of nitrogens with zero attached hydrogens (tertiary/aromatic N) is 2. The number of ether oxygens (including phenoxy) is 1. The summed E-state index contributed by atoms with van der Waals surface area (Å²) >= 11 is 0. The van der Waals surface area contributed by atoms with Crippen molar-refractivity contribution < 1.29 is 9.84 Å². The molecule has 20 heavy (non-hydrogen) atoms. The molecule has 0 saturated heterocycles. The molecule has 0 spiro atoms. The van der Waals surface area contributed by atoms with Crippen molar-refractivity contribution in [2.75, 3.05) is 17.6 Å². The molecule has 0 unspecified atom stereocenters. The van der Waals surface area contributed by atoms with Crippen LogP contribution in [0.4, 0.5) is 11.5 Å². The van der Waals surface area contributed by atoms with Gasteiger partial charge in [-0.3, -0.25) is 0 Å². The van der Waals surface area contributed by atoms with Gasteiger partial charge in [-0.25, -0.2) is 4.98 Å². The minimum Gasteiger partial charge on any atom is -0.473 e. The third kappa shape index (κ3) is 3.96. The highest BCUT2D eigenvalue weighted by Crippen LogP contribution is 2.28. The second-order valence-electron chi connectivity index (χ2n) is 5.66. The fourth-order valence-corrected chi connectivity index (χ4v) is 2.43. The van der Waals surface area contributed by atoms with E-state index in [1.165, 1.54) is 6.33 Å². The van der Waals surface area contributed by atoms with E-state index in [0.29, 0.717) is 23.3 Å². The van der Waals surface area contributed by atoms with Crippen molar-refractivity contribution in [1.29, 1.82) is 0 Å². The Morgan fingerprint density at radius 3 is 2.70 bits per heavy atom. The van der Waals surface area contributed by atoms with Crippen molar-refractivity contribution in [2.24, 2.45) is 5.92 Å². The fraction of sp³-hybridized carbons (Fsp3) is 0.714. The lowest BCUT2D eigenvalue weighted by atomic mass is 9.87. The lowest BCUT2D eigenvalue weighted by Crippen LogP contribution is -2.24. The van der Waals surface area contributed by atoms with Crippen LogP contribution in [0.5, 0.6) is 5.88 Å². The van der Waals surface area contributed by atoms with Crippen molar-refractivity contribution in [2.45, 2.75) is 51.7 Å². The molecule has 0 aliphatic heterocycles. The summed E-state index contributed by atoms with van der Waals surface area (Å²) in [6.45, 7) is 4.68. The van der Waals surface area contributed by atoms with Gasteiger partial charge in [-0.1, -0.05) is 0 Å². The topological polar surface area (TPSA) is 93.3 Å². The number of rotatable bonds is 5. The number of nitrogens with two attached hydrogens (primary N) is 1. The van der Waals surface area contributed by atoms with Crippen LogP contribution in [0.15, 0.2) is 6.33 Å². The van der Waals surface area contributed by atoms with Crippen LogP contribution in [0.3, 0.4) is 0 Å². The number of nitrogen functional groups attached to an aromatic ring is 1. The minimum atomic E-state index is -0.124. The molecule has 0 radical (unpaired) electrons. The van der Waals surface area contributed by atoms with Gasteiger partial charge < -0.3 is 20.9 Å². The summed E-state index contributed by atoms with van der Waals surface area (Å²) in [7, 11) is 0. The van der Waals surface area contributed by atoms with Gasteiger partial charge in [-0.15, -0.1) is 0 Å². The maximum absolute atomic E-state index is 9.50. The number of hydrogen-bond acceptors (Lipinski definition) is 6. The van der Waals surface area contributed by atoms with Gasteiger partial charge in [0.15, 0.2) is 5.82 Å². The number of aliphatic hydroxyl groups excluding tert-OH is 1. The number of aromatic nitrogens is 2. The van der Waals surface area contributed by atoms with E-state index in [2.05, 4.69) is 15.3 Å². The Morgan fingerprint density at radius 2 is 2.05 bits per heavy atom. The number of aliphatic hydroxyl groups is 1. The van der Waals surface area contributed by atoms with Crippen LogP contribution in [0.1, 0.15) is 39.5 Å². The number of nitrogens with one attached hydrogen (secondary N) is 1. The molecule has 0 amide bonds. The Hall–Kier alpha value is -1.56. The molecule has 6 heteroatoms. The zero-order chi connectivity index (χ0) is 14.5. The standard InChI is InChI=1S/C14H24N4O2/c1-9(2)20-14-12(15)13(17-8-18-14)16-7-10-3-5-11(19)6-4-10/h8-11,19H,3-7,15H2,1-2H3,(H,16,17,18). The van der Waals surface area contributed by atoms with Gasteiger partial charge in [0.25, 0.3) is 0 Å². The molecule has 1 aliphatic rings. The second-order valence-corrected chi connectivity index (χ2v) is 5.66. The van der Waals surface area contributed by atoms with Crippen molar-refractivity contribution in [3.63, 3.8) is 0 Å². The highest BCUT2D eigenvalue weighted by molar-refractivity contribution is 5.66. The van der Waals surface area contributed by atoms with E-state index < -0.39 is 0 Å². The monoisotopic (exact) mass is 280 g/mol. The maximum atomic E-state index is 9.50. The van der Waals surface area contributed by atoms with E-state index in [1.807, 2.05) is 13.8 Å². The van der Waals surface area contributed by atoms with Gasteiger partial charge in [-0.05, 0) is 45.4 Å².